The summed E-state index contributed by atoms with van der Waals surface area (Å²) in [4.78, 5) is 31.5. The number of hydrogen-bond acceptors (Lipinski definition) is 6. The molecule has 140 valence electrons. The Kier molecular flexibility index (Phi) is 5.18. The van der Waals surface area contributed by atoms with Gasteiger partial charge in [0.15, 0.2) is 4.34 Å². The SMILES string of the molecule is CSc1nc2ccc(NC(=O)[C@H]3CCCN(C(=O)c4ccoc4)C3)cc2s1. The zero-order valence-electron chi connectivity index (χ0n) is 14.8. The van der Waals surface area contributed by atoms with Crippen molar-refractivity contribution in [3.8, 4) is 0 Å². The van der Waals surface area contributed by atoms with Gasteiger partial charge in [-0.1, -0.05) is 11.8 Å². The number of nitrogens with zero attached hydrogens (tertiary/aromatic N) is 2. The van der Waals surface area contributed by atoms with Crippen LogP contribution >= 0.6 is 23.1 Å². The van der Waals surface area contributed by atoms with E-state index in [4.69, 9.17) is 4.42 Å². The van der Waals surface area contributed by atoms with Crippen LogP contribution in [0.5, 0.6) is 0 Å². The Morgan fingerprint density at radius 2 is 2.26 bits per heavy atom. The van der Waals surface area contributed by atoms with Crippen LogP contribution in [0.15, 0.2) is 45.5 Å². The molecule has 1 fully saturated rings. The first-order chi connectivity index (χ1) is 13.1. The molecule has 8 heteroatoms. The smallest absolute Gasteiger partial charge is 0.257 e. The maximum atomic E-state index is 12.7. The summed E-state index contributed by atoms with van der Waals surface area (Å²) in [6, 6.07) is 7.42. The first-order valence-electron chi connectivity index (χ1n) is 8.71. The maximum absolute atomic E-state index is 12.7. The van der Waals surface area contributed by atoms with Crippen LogP contribution in [0.25, 0.3) is 10.2 Å². The van der Waals surface area contributed by atoms with Gasteiger partial charge in [0.05, 0.1) is 28.0 Å². The molecular weight excluding hydrogens is 382 g/mol. The molecule has 1 aliphatic heterocycles. The first-order valence-corrected chi connectivity index (χ1v) is 10.7. The molecule has 1 saturated heterocycles. The van der Waals surface area contributed by atoms with Gasteiger partial charge in [-0.2, -0.15) is 0 Å². The number of carbonyl (C=O) groups is 2. The number of thioether (sulfide) groups is 1. The van der Waals surface area contributed by atoms with Crippen molar-refractivity contribution in [2.75, 3.05) is 24.7 Å². The lowest BCUT2D eigenvalue weighted by Gasteiger charge is -2.31. The number of hydrogen-bond donors (Lipinski definition) is 1. The minimum Gasteiger partial charge on any atom is -0.472 e. The molecule has 3 aromatic rings. The molecule has 2 aromatic heterocycles. The maximum Gasteiger partial charge on any atom is 0.257 e. The van der Waals surface area contributed by atoms with Crippen molar-refractivity contribution >= 4 is 50.8 Å². The van der Waals surface area contributed by atoms with E-state index in [2.05, 4.69) is 10.3 Å². The van der Waals surface area contributed by atoms with Crippen molar-refractivity contribution in [1.82, 2.24) is 9.88 Å². The molecule has 1 atom stereocenters. The van der Waals surface area contributed by atoms with Gasteiger partial charge in [0.1, 0.15) is 6.26 Å². The van der Waals surface area contributed by atoms with Crippen molar-refractivity contribution in [1.29, 1.82) is 0 Å². The third-order valence-corrected chi connectivity index (χ3v) is 6.66. The van der Waals surface area contributed by atoms with Crippen LogP contribution in [0, 0.1) is 5.92 Å². The Morgan fingerprint density at radius 3 is 3.04 bits per heavy atom. The monoisotopic (exact) mass is 401 g/mol. The number of likely N-dealkylation sites (tertiary alicyclic amines) is 1. The molecule has 1 aromatic carbocycles. The van der Waals surface area contributed by atoms with Gasteiger partial charge in [-0.25, -0.2) is 4.98 Å². The summed E-state index contributed by atoms with van der Waals surface area (Å²) in [5, 5.41) is 3.00. The number of amides is 2. The normalized spacial score (nSPS) is 17.2. The number of furan rings is 1. The second-order valence-electron chi connectivity index (χ2n) is 6.46. The minimum absolute atomic E-state index is 0.0475. The zero-order valence-corrected chi connectivity index (χ0v) is 16.4. The van der Waals surface area contributed by atoms with Crippen molar-refractivity contribution in [3.05, 3.63) is 42.4 Å². The van der Waals surface area contributed by atoms with E-state index < -0.39 is 0 Å². The highest BCUT2D eigenvalue weighted by Crippen LogP contribution is 2.30. The van der Waals surface area contributed by atoms with E-state index in [1.165, 1.54) is 12.5 Å². The van der Waals surface area contributed by atoms with Crippen LogP contribution in [0.3, 0.4) is 0 Å². The average molecular weight is 402 g/mol. The van der Waals surface area contributed by atoms with Crippen molar-refractivity contribution < 1.29 is 14.0 Å². The molecule has 0 aliphatic carbocycles. The summed E-state index contributed by atoms with van der Waals surface area (Å²) in [6.07, 6.45) is 6.52. The van der Waals surface area contributed by atoms with Gasteiger partial charge in [-0.05, 0) is 43.4 Å². The molecule has 0 radical (unpaired) electrons. The van der Waals surface area contributed by atoms with Crippen LogP contribution in [0.1, 0.15) is 23.2 Å². The number of aromatic nitrogens is 1. The Hall–Kier alpha value is -2.32. The number of piperidine rings is 1. The third-order valence-electron chi connectivity index (χ3n) is 4.66. The number of benzene rings is 1. The highest BCUT2D eigenvalue weighted by molar-refractivity contribution is 8.00. The van der Waals surface area contributed by atoms with Gasteiger partial charge < -0.3 is 14.6 Å². The van der Waals surface area contributed by atoms with E-state index in [9.17, 15) is 9.59 Å². The summed E-state index contributed by atoms with van der Waals surface area (Å²) >= 11 is 3.23. The van der Waals surface area contributed by atoms with E-state index in [1.54, 1.807) is 34.1 Å². The second-order valence-corrected chi connectivity index (χ2v) is 8.54. The van der Waals surface area contributed by atoms with E-state index in [-0.39, 0.29) is 17.7 Å². The fraction of sp³-hybridized carbons (Fsp3) is 0.316. The third kappa shape index (κ3) is 3.86. The quantitative estimate of drug-likeness (QED) is 0.666. The largest absolute Gasteiger partial charge is 0.472 e. The molecule has 0 saturated carbocycles. The summed E-state index contributed by atoms with van der Waals surface area (Å²) < 4.78 is 7.05. The van der Waals surface area contributed by atoms with Crippen molar-refractivity contribution in [2.45, 2.75) is 17.2 Å². The topological polar surface area (TPSA) is 75.4 Å². The highest BCUT2D eigenvalue weighted by Gasteiger charge is 2.29. The number of rotatable bonds is 4. The Balaban J connectivity index is 1.43. The average Bonchev–Trinajstić information content (AvgIpc) is 3.36. The molecule has 27 heavy (non-hydrogen) atoms. The summed E-state index contributed by atoms with van der Waals surface area (Å²) in [5.74, 6) is -0.348. The number of carbonyl (C=O) groups excluding carboxylic acids is 2. The lowest BCUT2D eigenvalue weighted by molar-refractivity contribution is -0.121. The van der Waals surface area contributed by atoms with Crippen LogP contribution in [-0.2, 0) is 4.79 Å². The molecule has 2 amide bonds. The van der Waals surface area contributed by atoms with Gasteiger partial charge in [0, 0.05) is 18.8 Å². The van der Waals surface area contributed by atoms with Crippen LogP contribution in [-0.4, -0.2) is 41.0 Å². The molecule has 3 heterocycles. The fourth-order valence-corrected chi connectivity index (χ4v) is 4.79. The zero-order chi connectivity index (χ0) is 18.8. The fourth-order valence-electron chi connectivity index (χ4n) is 3.26. The van der Waals surface area contributed by atoms with Gasteiger partial charge in [0.2, 0.25) is 5.91 Å². The molecule has 1 aliphatic rings. The number of nitrogens with one attached hydrogen (secondary N) is 1. The van der Waals surface area contributed by atoms with E-state index >= 15 is 0 Å². The lowest BCUT2D eigenvalue weighted by atomic mass is 9.96. The van der Waals surface area contributed by atoms with Crippen LogP contribution < -0.4 is 5.32 Å². The van der Waals surface area contributed by atoms with Gasteiger partial charge in [-0.3, -0.25) is 9.59 Å². The van der Waals surface area contributed by atoms with Gasteiger partial charge in [-0.15, -0.1) is 11.3 Å². The number of thiazole rings is 1. The molecule has 1 N–H and O–H groups in total. The summed E-state index contributed by atoms with van der Waals surface area (Å²) in [7, 11) is 0. The Labute approximate surface area is 164 Å². The summed E-state index contributed by atoms with van der Waals surface area (Å²) in [6.45, 7) is 1.09. The van der Waals surface area contributed by atoms with Crippen molar-refractivity contribution in [3.63, 3.8) is 0 Å². The van der Waals surface area contributed by atoms with E-state index in [0.29, 0.717) is 18.7 Å². The van der Waals surface area contributed by atoms with E-state index in [0.717, 1.165) is 33.1 Å². The standard InChI is InChI=1S/C19H19N3O3S2/c1-26-19-21-15-5-4-14(9-16(15)27-19)20-17(23)12-3-2-7-22(10-12)18(24)13-6-8-25-11-13/h4-6,8-9,11-12H,2-3,7,10H2,1H3,(H,20,23)/t12-/m0/s1. The second kappa shape index (κ2) is 7.74. The Bertz CT molecular complexity index is 968. The number of anilines is 1. The lowest BCUT2D eigenvalue weighted by Crippen LogP contribution is -2.43. The van der Waals surface area contributed by atoms with Crippen LogP contribution in [0.4, 0.5) is 5.69 Å². The van der Waals surface area contributed by atoms with Crippen LogP contribution in [0.2, 0.25) is 0 Å². The highest BCUT2D eigenvalue weighted by atomic mass is 32.2. The predicted octanol–water partition coefficient (Wildman–Crippen LogP) is 4.10. The summed E-state index contributed by atoms with van der Waals surface area (Å²) in [5.41, 5.74) is 2.23. The molecule has 0 unspecified atom stereocenters. The molecule has 4 rings (SSSR count). The van der Waals surface area contributed by atoms with Gasteiger partial charge >= 0.3 is 0 Å². The molecule has 0 spiro atoms. The molecular formula is C19H19N3O3S2. The minimum atomic E-state index is -0.214. The Morgan fingerprint density at radius 1 is 1.37 bits per heavy atom. The predicted molar refractivity (Wildman–Crippen MR) is 107 cm³/mol. The van der Waals surface area contributed by atoms with Gasteiger partial charge in [0.25, 0.3) is 5.91 Å². The first kappa shape index (κ1) is 18.1. The number of fused-ring (bicyclic) bond motifs is 1. The molecule has 6 nitrogen and oxygen atoms in total. The molecule has 0 bridgehead atoms. The van der Waals surface area contributed by atoms with E-state index in [1.807, 2.05) is 24.5 Å². The van der Waals surface area contributed by atoms with Crippen molar-refractivity contribution in [2.24, 2.45) is 5.92 Å².